The Balaban J connectivity index is 1.84. The summed E-state index contributed by atoms with van der Waals surface area (Å²) in [5, 5.41) is 12.7. The molecule has 7 heteroatoms. The van der Waals surface area contributed by atoms with Gasteiger partial charge in [0, 0.05) is 4.88 Å². The minimum atomic E-state index is -0.970. The highest BCUT2D eigenvalue weighted by atomic mass is 32.1. The van der Waals surface area contributed by atoms with Crippen LogP contribution >= 0.6 is 11.3 Å². The van der Waals surface area contributed by atoms with E-state index in [9.17, 15) is 19.5 Å². The molecular formula is C20H26N2O4S. The lowest BCUT2D eigenvalue weighted by Gasteiger charge is -2.24. The van der Waals surface area contributed by atoms with E-state index < -0.39 is 23.7 Å². The van der Waals surface area contributed by atoms with Gasteiger partial charge in [-0.25, -0.2) is 0 Å². The molecule has 2 aliphatic rings. The number of nitrogens with two attached hydrogens (primary N) is 1. The van der Waals surface area contributed by atoms with Gasteiger partial charge in [-0.2, -0.15) is 0 Å². The second kappa shape index (κ2) is 8.25. The van der Waals surface area contributed by atoms with Crippen molar-refractivity contribution in [2.45, 2.75) is 51.9 Å². The number of amides is 2. The highest BCUT2D eigenvalue weighted by Gasteiger charge is 2.35. The first kappa shape index (κ1) is 19.6. The third-order valence-corrected chi connectivity index (χ3v) is 6.80. The number of hydrogen-bond acceptors (Lipinski definition) is 4. The number of hydrogen-bond donors (Lipinski definition) is 3. The summed E-state index contributed by atoms with van der Waals surface area (Å²) in [7, 11) is 0. The Hall–Kier alpha value is -2.15. The molecule has 0 radical (unpaired) electrons. The van der Waals surface area contributed by atoms with Crippen LogP contribution in [0.3, 0.4) is 0 Å². The number of anilines is 1. The maximum Gasteiger partial charge on any atom is 0.307 e. The number of nitrogens with one attached hydrogen (secondary N) is 1. The lowest BCUT2D eigenvalue weighted by molar-refractivity contribution is -0.146. The third-order valence-electron chi connectivity index (χ3n) is 5.63. The van der Waals surface area contributed by atoms with E-state index in [1.165, 1.54) is 11.3 Å². The van der Waals surface area contributed by atoms with Gasteiger partial charge in [0.2, 0.25) is 5.91 Å². The van der Waals surface area contributed by atoms with E-state index in [2.05, 4.69) is 12.2 Å². The minimum Gasteiger partial charge on any atom is -0.481 e. The number of carboxylic acids is 1. The lowest BCUT2D eigenvalue weighted by atomic mass is 9.82. The van der Waals surface area contributed by atoms with Gasteiger partial charge in [-0.15, -0.1) is 11.3 Å². The number of thiophene rings is 1. The molecule has 0 fully saturated rings. The first-order valence-electron chi connectivity index (χ1n) is 9.55. The summed E-state index contributed by atoms with van der Waals surface area (Å²) in [5.74, 6) is -2.63. The van der Waals surface area contributed by atoms with Crippen LogP contribution in [0.5, 0.6) is 0 Å². The number of aliphatic carboxylic acids is 1. The second-order valence-corrected chi connectivity index (χ2v) is 8.56. The molecule has 0 aromatic carbocycles. The van der Waals surface area contributed by atoms with Gasteiger partial charge >= 0.3 is 5.97 Å². The van der Waals surface area contributed by atoms with Crippen LogP contribution < -0.4 is 11.1 Å². The summed E-state index contributed by atoms with van der Waals surface area (Å²) in [6.45, 7) is 2.17. The van der Waals surface area contributed by atoms with Gasteiger partial charge in [-0.05, 0) is 43.6 Å². The normalized spacial score (nSPS) is 24.3. The Morgan fingerprint density at radius 1 is 1.26 bits per heavy atom. The van der Waals surface area contributed by atoms with Crippen LogP contribution in [0, 0.1) is 17.8 Å². The third kappa shape index (κ3) is 4.08. The van der Waals surface area contributed by atoms with Crippen molar-refractivity contribution in [1.82, 2.24) is 0 Å². The molecule has 1 aromatic heterocycles. The van der Waals surface area contributed by atoms with Crippen LogP contribution in [0.2, 0.25) is 0 Å². The van der Waals surface area contributed by atoms with Crippen LogP contribution in [0.1, 0.15) is 59.8 Å². The van der Waals surface area contributed by atoms with Crippen LogP contribution in [0.15, 0.2) is 12.2 Å². The number of fused-ring (bicyclic) bond motifs is 1. The maximum atomic E-state index is 12.8. The molecule has 0 spiro atoms. The molecule has 27 heavy (non-hydrogen) atoms. The molecule has 1 heterocycles. The van der Waals surface area contributed by atoms with Crippen molar-refractivity contribution in [3.63, 3.8) is 0 Å². The zero-order chi connectivity index (χ0) is 19.6. The smallest absolute Gasteiger partial charge is 0.307 e. The fourth-order valence-electron chi connectivity index (χ4n) is 4.24. The molecule has 0 bridgehead atoms. The summed E-state index contributed by atoms with van der Waals surface area (Å²) in [6.07, 6.45) is 9.39. The number of allylic oxidation sites excluding steroid dienone is 2. The fourth-order valence-corrected chi connectivity index (χ4v) is 5.61. The standard InChI is InChI=1S/C20H26N2O4S/c1-2-5-11-8-9-14-15(10-11)27-19(16(14)17(21)23)22-18(24)12-6-3-4-7-13(12)20(25)26/h3-4,11-13H,2,5-10H2,1H3,(H2,21,23)(H,22,24)(H,25,26). The Morgan fingerprint density at radius 3 is 2.59 bits per heavy atom. The van der Waals surface area contributed by atoms with Crippen molar-refractivity contribution < 1.29 is 19.5 Å². The van der Waals surface area contributed by atoms with Crippen molar-refractivity contribution >= 4 is 34.1 Å². The van der Waals surface area contributed by atoms with Crippen LogP contribution in [-0.2, 0) is 22.4 Å². The van der Waals surface area contributed by atoms with Crippen LogP contribution in [0.4, 0.5) is 5.00 Å². The predicted octanol–water partition coefficient (Wildman–Crippen LogP) is 3.36. The SMILES string of the molecule is CCCC1CCc2c(sc(NC(=O)C3CC=CCC3C(=O)O)c2C(N)=O)C1. The van der Waals surface area contributed by atoms with E-state index in [-0.39, 0.29) is 5.91 Å². The van der Waals surface area contributed by atoms with Gasteiger partial charge in [0.25, 0.3) is 5.91 Å². The van der Waals surface area contributed by atoms with Crippen molar-refractivity contribution in [2.75, 3.05) is 5.32 Å². The van der Waals surface area contributed by atoms with Gasteiger partial charge in [-0.3, -0.25) is 14.4 Å². The summed E-state index contributed by atoms with van der Waals surface area (Å²) in [6, 6.07) is 0. The fraction of sp³-hybridized carbons (Fsp3) is 0.550. The Kier molecular flexibility index (Phi) is 5.99. The van der Waals surface area contributed by atoms with Gasteiger partial charge in [0.1, 0.15) is 5.00 Å². The molecule has 0 saturated heterocycles. The Labute approximate surface area is 162 Å². The monoisotopic (exact) mass is 390 g/mol. The molecule has 6 nitrogen and oxygen atoms in total. The van der Waals surface area contributed by atoms with E-state index in [0.29, 0.717) is 29.3 Å². The van der Waals surface area contributed by atoms with Crippen molar-refractivity contribution in [1.29, 1.82) is 0 Å². The summed E-state index contributed by atoms with van der Waals surface area (Å²) in [4.78, 5) is 37.4. The number of carbonyl (C=O) groups is 3. The zero-order valence-corrected chi connectivity index (χ0v) is 16.3. The number of rotatable bonds is 6. The molecule has 4 N–H and O–H groups in total. The van der Waals surface area contributed by atoms with Crippen LogP contribution in [0.25, 0.3) is 0 Å². The lowest BCUT2D eigenvalue weighted by Crippen LogP contribution is -2.35. The van der Waals surface area contributed by atoms with E-state index in [1.807, 2.05) is 6.08 Å². The molecule has 0 aliphatic heterocycles. The van der Waals surface area contributed by atoms with Crippen molar-refractivity contribution in [2.24, 2.45) is 23.5 Å². The average Bonchev–Trinajstić information content (AvgIpc) is 2.99. The molecule has 2 aliphatic carbocycles. The number of carboxylic acid groups (broad SMARTS) is 1. The average molecular weight is 391 g/mol. The first-order chi connectivity index (χ1) is 12.9. The van der Waals surface area contributed by atoms with Crippen molar-refractivity contribution in [3.05, 3.63) is 28.2 Å². The van der Waals surface area contributed by atoms with E-state index in [4.69, 9.17) is 5.73 Å². The number of carbonyl (C=O) groups excluding carboxylic acids is 2. The van der Waals surface area contributed by atoms with Gasteiger partial charge in [0.15, 0.2) is 0 Å². The molecule has 3 rings (SSSR count). The van der Waals surface area contributed by atoms with Gasteiger partial charge in [-0.1, -0.05) is 31.9 Å². The minimum absolute atomic E-state index is 0.343. The molecule has 2 amide bonds. The topological polar surface area (TPSA) is 109 Å². The number of primary amides is 1. The molecule has 1 aromatic rings. The quantitative estimate of drug-likeness (QED) is 0.647. The Bertz CT molecular complexity index is 783. The molecule has 3 atom stereocenters. The van der Waals surface area contributed by atoms with Crippen molar-refractivity contribution in [3.8, 4) is 0 Å². The molecule has 0 saturated carbocycles. The molecular weight excluding hydrogens is 364 g/mol. The van der Waals surface area contributed by atoms with Gasteiger partial charge < -0.3 is 16.2 Å². The van der Waals surface area contributed by atoms with E-state index >= 15 is 0 Å². The maximum absolute atomic E-state index is 12.8. The highest BCUT2D eigenvalue weighted by Crippen LogP contribution is 2.41. The summed E-state index contributed by atoms with van der Waals surface area (Å²) in [5.41, 5.74) is 7.00. The van der Waals surface area contributed by atoms with Crippen LogP contribution in [-0.4, -0.2) is 22.9 Å². The predicted molar refractivity (Wildman–Crippen MR) is 105 cm³/mol. The van der Waals surface area contributed by atoms with E-state index in [0.717, 1.165) is 42.5 Å². The summed E-state index contributed by atoms with van der Waals surface area (Å²) < 4.78 is 0. The van der Waals surface area contributed by atoms with E-state index in [1.54, 1.807) is 6.08 Å². The zero-order valence-electron chi connectivity index (χ0n) is 15.5. The first-order valence-corrected chi connectivity index (χ1v) is 10.4. The largest absolute Gasteiger partial charge is 0.481 e. The Morgan fingerprint density at radius 2 is 1.96 bits per heavy atom. The second-order valence-electron chi connectivity index (χ2n) is 7.45. The molecule has 146 valence electrons. The molecule has 3 unspecified atom stereocenters. The highest BCUT2D eigenvalue weighted by molar-refractivity contribution is 7.17. The van der Waals surface area contributed by atoms with Gasteiger partial charge in [0.05, 0.1) is 17.4 Å². The summed E-state index contributed by atoms with van der Waals surface area (Å²) >= 11 is 1.42.